The minimum atomic E-state index is -0.295. The molecule has 2 unspecified atom stereocenters. The standard InChI is InChI=1S/C16H24O4/c1-3-5-11-15(17)19-13-9-7-8-10-14(13)20-16(18)12-6-4-2/h3-6,13-14H,7-12H2,1-2H3. The van der Waals surface area contributed by atoms with Crippen LogP contribution in [0.3, 0.4) is 0 Å². The molecule has 0 N–H and O–H groups in total. The second-order valence-electron chi connectivity index (χ2n) is 4.89. The molecule has 0 heterocycles. The zero-order chi connectivity index (χ0) is 14.8. The quantitative estimate of drug-likeness (QED) is 0.553. The minimum Gasteiger partial charge on any atom is -0.458 e. The first-order chi connectivity index (χ1) is 9.67. The molecular weight excluding hydrogens is 256 g/mol. The lowest BCUT2D eigenvalue weighted by Crippen LogP contribution is -2.37. The van der Waals surface area contributed by atoms with E-state index in [1.54, 1.807) is 12.2 Å². The molecule has 0 aliphatic heterocycles. The first-order valence-electron chi connectivity index (χ1n) is 7.28. The third-order valence-electron chi connectivity index (χ3n) is 3.25. The number of carbonyl (C=O) groups excluding carboxylic acids is 2. The van der Waals surface area contributed by atoms with Crippen LogP contribution in [0.15, 0.2) is 24.3 Å². The average molecular weight is 280 g/mol. The number of esters is 2. The number of carbonyl (C=O) groups is 2. The van der Waals surface area contributed by atoms with E-state index in [2.05, 4.69) is 0 Å². The Balaban J connectivity index is 2.49. The highest BCUT2D eigenvalue weighted by molar-refractivity contribution is 5.72. The van der Waals surface area contributed by atoms with Gasteiger partial charge in [-0.2, -0.15) is 0 Å². The molecule has 112 valence electrons. The molecule has 4 nitrogen and oxygen atoms in total. The second-order valence-corrected chi connectivity index (χ2v) is 4.89. The predicted molar refractivity (Wildman–Crippen MR) is 77.1 cm³/mol. The maximum Gasteiger partial charge on any atom is 0.310 e. The number of allylic oxidation sites excluding steroid dienone is 2. The maximum absolute atomic E-state index is 11.6. The molecule has 0 saturated heterocycles. The smallest absolute Gasteiger partial charge is 0.310 e. The van der Waals surface area contributed by atoms with Gasteiger partial charge >= 0.3 is 11.9 Å². The lowest BCUT2D eigenvalue weighted by atomic mass is 9.94. The van der Waals surface area contributed by atoms with Crippen LogP contribution in [-0.2, 0) is 19.1 Å². The van der Waals surface area contributed by atoms with Crippen molar-refractivity contribution in [3.8, 4) is 0 Å². The first-order valence-corrected chi connectivity index (χ1v) is 7.28. The Hall–Kier alpha value is -1.58. The molecule has 0 aromatic carbocycles. The summed E-state index contributed by atoms with van der Waals surface area (Å²) < 4.78 is 10.9. The number of hydrogen-bond donors (Lipinski definition) is 0. The van der Waals surface area contributed by atoms with Gasteiger partial charge in [-0.1, -0.05) is 24.3 Å². The van der Waals surface area contributed by atoms with Crippen molar-refractivity contribution < 1.29 is 19.1 Å². The lowest BCUT2D eigenvalue weighted by Gasteiger charge is -2.30. The van der Waals surface area contributed by atoms with E-state index in [-0.39, 0.29) is 37.0 Å². The van der Waals surface area contributed by atoms with Crippen LogP contribution in [0, 0.1) is 0 Å². The van der Waals surface area contributed by atoms with Gasteiger partial charge in [0.1, 0.15) is 12.2 Å². The third kappa shape index (κ3) is 6.04. The van der Waals surface area contributed by atoms with Crippen molar-refractivity contribution in [1.29, 1.82) is 0 Å². The van der Waals surface area contributed by atoms with Gasteiger partial charge < -0.3 is 9.47 Å². The normalized spacial score (nSPS) is 23.1. The lowest BCUT2D eigenvalue weighted by molar-refractivity contribution is -0.170. The van der Waals surface area contributed by atoms with E-state index in [0.29, 0.717) is 0 Å². The van der Waals surface area contributed by atoms with Crippen LogP contribution < -0.4 is 0 Å². The summed E-state index contributed by atoms with van der Waals surface area (Å²) in [6, 6.07) is 0. The summed E-state index contributed by atoms with van der Waals surface area (Å²) in [5.74, 6) is -0.519. The van der Waals surface area contributed by atoms with Crippen molar-refractivity contribution in [2.45, 2.75) is 64.6 Å². The highest BCUT2D eigenvalue weighted by Gasteiger charge is 2.30. The fourth-order valence-corrected chi connectivity index (χ4v) is 2.19. The second kappa shape index (κ2) is 9.34. The van der Waals surface area contributed by atoms with E-state index >= 15 is 0 Å². The molecule has 1 rings (SSSR count). The molecule has 1 aliphatic rings. The van der Waals surface area contributed by atoms with Crippen LogP contribution >= 0.6 is 0 Å². The zero-order valence-electron chi connectivity index (χ0n) is 12.3. The van der Waals surface area contributed by atoms with Crippen molar-refractivity contribution >= 4 is 11.9 Å². The minimum absolute atomic E-state index is 0.260. The SMILES string of the molecule is CC=CCC(=O)OC1CCCCC1OC(=O)CC=CC. The van der Waals surface area contributed by atoms with E-state index in [4.69, 9.17) is 9.47 Å². The molecule has 1 saturated carbocycles. The molecule has 0 spiro atoms. The Kier molecular flexibility index (Phi) is 7.70. The Morgan fingerprint density at radius 1 is 0.900 bits per heavy atom. The largest absolute Gasteiger partial charge is 0.458 e. The van der Waals surface area contributed by atoms with E-state index in [9.17, 15) is 9.59 Å². The van der Waals surface area contributed by atoms with Crippen molar-refractivity contribution in [3.63, 3.8) is 0 Å². The summed E-state index contributed by atoms with van der Waals surface area (Å²) in [5.41, 5.74) is 0. The molecule has 0 radical (unpaired) electrons. The van der Waals surface area contributed by atoms with Gasteiger partial charge in [0, 0.05) is 0 Å². The van der Waals surface area contributed by atoms with Gasteiger partial charge in [-0.05, 0) is 39.5 Å². The number of ether oxygens (including phenoxy) is 2. The van der Waals surface area contributed by atoms with Crippen molar-refractivity contribution in [2.24, 2.45) is 0 Å². The summed E-state index contributed by atoms with van der Waals surface area (Å²) in [4.78, 5) is 23.3. The third-order valence-corrected chi connectivity index (χ3v) is 3.25. The monoisotopic (exact) mass is 280 g/mol. The van der Waals surface area contributed by atoms with Gasteiger partial charge in [0.25, 0.3) is 0 Å². The molecule has 4 heteroatoms. The van der Waals surface area contributed by atoms with Gasteiger partial charge in [-0.3, -0.25) is 9.59 Å². The summed E-state index contributed by atoms with van der Waals surface area (Å²) in [5, 5.41) is 0. The first kappa shape index (κ1) is 16.5. The van der Waals surface area contributed by atoms with Gasteiger partial charge in [-0.15, -0.1) is 0 Å². The van der Waals surface area contributed by atoms with Crippen LogP contribution in [0.2, 0.25) is 0 Å². The molecule has 0 aromatic rings. The summed E-state index contributed by atoms with van der Waals surface area (Å²) in [6.07, 6.45) is 10.6. The highest BCUT2D eigenvalue weighted by atomic mass is 16.6. The molecule has 2 atom stereocenters. The molecule has 0 amide bonds. The number of hydrogen-bond acceptors (Lipinski definition) is 4. The topological polar surface area (TPSA) is 52.6 Å². The van der Waals surface area contributed by atoms with E-state index in [1.165, 1.54) is 0 Å². The molecule has 1 aliphatic carbocycles. The molecule has 1 fully saturated rings. The van der Waals surface area contributed by atoms with Crippen molar-refractivity contribution in [1.82, 2.24) is 0 Å². The van der Waals surface area contributed by atoms with E-state index < -0.39 is 0 Å². The van der Waals surface area contributed by atoms with Crippen LogP contribution in [-0.4, -0.2) is 24.1 Å². The summed E-state index contributed by atoms with van der Waals surface area (Å²) in [7, 11) is 0. The number of rotatable bonds is 6. The Labute approximate surface area is 120 Å². The van der Waals surface area contributed by atoms with Crippen LogP contribution in [0.25, 0.3) is 0 Å². The molecule has 20 heavy (non-hydrogen) atoms. The van der Waals surface area contributed by atoms with Gasteiger partial charge in [0.15, 0.2) is 0 Å². The van der Waals surface area contributed by atoms with Gasteiger partial charge in [0.2, 0.25) is 0 Å². The van der Waals surface area contributed by atoms with Crippen molar-refractivity contribution in [2.75, 3.05) is 0 Å². The Bertz CT molecular complexity index is 335. The summed E-state index contributed by atoms with van der Waals surface area (Å²) >= 11 is 0. The molecule has 0 aromatic heterocycles. The maximum atomic E-state index is 11.6. The molecular formula is C16H24O4. The molecule has 0 bridgehead atoms. The Morgan fingerprint density at radius 2 is 1.30 bits per heavy atom. The average Bonchev–Trinajstić information content (AvgIpc) is 2.45. The fraction of sp³-hybridized carbons (Fsp3) is 0.625. The zero-order valence-corrected chi connectivity index (χ0v) is 12.3. The van der Waals surface area contributed by atoms with Crippen LogP contribution in [0.4, 0.5) is 0 Å². The highest BCUT2D eigenvalue weighted by Crippen LogP contribution is 2.24. The fourth-order valence-electron chi connectivity index (χ4n) is 2.19. The van der Waals surface area contributed by atoms with Crippen LogP contribution in [0.5, 0.6) is 0 Å². The summed E-state index contributed by atoms with van der Waals surface area (Å²) in [6.45, 7) is 3.72. The van der Waals surface area contributed by atoms with Crippen molar-refractivity contribution in [3.05, 3.63) is 24.3 Å². The van der Waals surface area contributed by atoms with Gasteiger partial charge in [0.05, 0.1) is 12.8 Å². The van der Waals surface area contributed by atoms with Crippen LogP contribution in [0.1, 0.15) is 52.4 Å². The van der Waals surface area contributed by atoms with E-state index in [1.807, 2.05) is 26.0 Å². The van der Waals surface area contributed by atoms with Gasteiger partial charge in [-0.25, -0.2) is 0 Å². The Morgan fingerprint density at radius 3 is 1.65 bits per heavy atom. The predicted octanol–water partition coefficient (Wildman–Crippen LogP) is 3.32. The van der Waals surface area contributed by atoms with E-state index in [0.717, 1.165) is 25.7 Å².